The Morgan fingerprint density at radius 1 is 1.10 bits per heavy atom. The third-order valence-corrected chi connectivity index (χ3v) is 3.30. The summed E-state index contributed by atoms with van der Waals surface area (Å²) in [6.07, 6.45) is 1.34. The number of nitrogen functional groups attached to an aromatic ring is 1. The molecule has 3 aromatic rings. The van der Waals surface area contributed by atoms with Gasteiger partial charge >= 0.3 is 0 Å². The van der Waals surface area contributed by atoms with E-state index in [0.717, 1.165) is 0 Å². The maximum absolute atomic E-state index is 12.4. The molecule has 0 spiro atoms. The molecule has 3 N–H and O–H groups in total. The number of anilines is 1. The van der Waals surface area contributed by atoms with E-state index in [1.165, 1.54) is 24.5 Å². The van der Waals surface area contributed by atoms with Crippen LogP contribution in [0.3, 0.4) is 0 Å². The number of rotatable bonds is 1. The lowest BCUT2D eigenvalue weighted by Crippen LogP contribution is -2.06. The summed E-state index contributed by atoms with van der Waals surface area (Å²) in [5.74, 6) is 0.0411. The molecule has 0 amide bonds. The van der Waals surface area contributed by atoms with Crippen LogP contribution in [0.4, 0.5) is 5.69 Å². The van der Waals surface area contributed by atoms with Crippen LogP contribution in [0.1, 0.15) is 0 Å². The largest absolute Gasteiger partial charge is 0.508 e. The van der Waals surface area contributed by atoms with E-state index in [2.05, 4.69) is 0 Å². The van der Waals surface area contributed by atoms with Gasteiger partial charge in [0.1, 0.15) is 17.6 Å². The van der Waals surface area contributed by atoms with Gasteiger partial charge in [-0.25, -0.2) is 0 Å². The fourth-order valence-corrected chi connectivity index (χ4v) is 2.26. The number of hydrogen-bond donors (Lipinski definition) is 2. The molecule has 3 rings (SSSR count). The second kappa shape index (κ2) is 4.58. The molecule has 0 fully saturated rings. The Labute approximate surface area is 119 Å². The first-order valence-electron chi connectivity index (χ1n) is 5.86. The van der Waals surface area contributed by atoms with E-state index in [-0.39, 0.29) is 11.2 Å². The summed E-state index contributed by atoms with van der Waals surface area (Å²) in [6.45, 7) is 0. The van der Waals surface area contributed by atoms with E-state index >= 15 is 0 Å². The molecule has 0 saturated carbocycles. The predicted molar refractivity (Wildman–Crippen MR) is 79.0 cm³/mol. The molecule has 0 saturated heterocycles. The van der Waals surface area contributed by atoms with Gasteiger partial charge in [0, 0.05) is 22.3 Å². The fourth-order valence-electron chi connectivity index (χ4n) is 2.08. The van der Waals surface area contributed by atoms with Crippen LogP contribution in [-0.4, -0.2) is 5.11 Å². The zero-order valence-electron chi connectivity index (χ0n) is 10.3. The first-order chi connectivity index (χ1) is 9.56. The molecule has 0 aliphatic heterocycles. The number of fused-ring (bicyclic) bond motifs is 1. The number of phenols is 1. The molecule has 5 heteroatoms. The molecule has 0 aliphatic rings. The molecule has 2 aromatic carbocycles. The van der Waals surface area contributed by atoms with Crippen molar-refractivity contribution in [3.05, 3.63) is 57.9 Å². The van der Waals surface area contributed by atoms with Gasteiger partial charge in [-0.2, -0.15) is 0 Å². The molecule has 0 aliphatic carbocycles. The molecule has 1 aromatic heterocycles. The second-order valence-corrected chi connectivity index (χ2v) is 4.83. The fraction of sp³-hybridized carbons (Fsp3) is 0. The van der Waals surface area contributed by atoms with Crippen LogP contribution < -0.4 is 11.2 Å². The van der Waals surface area contributed by atoms with Gasteiger partial charge in [-0.05, 0) is 24.3 Å². The van der Waals surface area contributed by atoms with Crippen LogP contribution in [0.5, 0.6) is 5.75 Å². The normalized spacial score (nSPS) is 10.8. The van der Waals surface area contributed by atoms with Crippen molar-refractivity contribution < 1.29 is 9.52 Å². The summed E-state index contributed by atoms with van der Waals surface area (Å²) in [6, 6.07) is 9.27. The third-order valence-electron chi connectivity index (χ3n) is 3.06. The number of nitrogens with two attached hydrogens (primary N) is 1. The zero-order valence-corrected chi connectivity index (χ0v) is 11.0. The lowest BCUT2D eigenvalue weighted by Gasteiger charge is -2.06. The molecular weight excluding hydrogens is 278 g/mol. The molecule has 4 nitrogen and oxygen atoms in total. The van der Waals surface area contributed by atoms with Gasteiger partial charge in [0.05, 0.1) is 10.9 Å². The van der Waals surface area contributed by atoms with E-state index < -0.39 is 0 Å². The highest BCUT2D eigenvalue weighted by Crippen LogP contribution is 2.28. The molecular formula is C15H10ClNO3. The average molecular weight is 288 g/mol. The zero-order chi connectivity index (χ0) is 14.3. The van der Waals surface area contributed by atoms with E-state index in [0.29, 0.717) is 32.8 Å². The van der Waals surface area contributed by atoms with Crippen LogP contribution in [-0.2, 0) is 0 Å². The van der Waals surface area contributed by atoms with Crippen molar-refractivity contribution in [3.8, 4) is 16.9 Å². The van der Waals surface area contributed by atoms with Crippen LogP contribution in [0, 0.1) is 0 Å². The Bertz CT molecular complexity index is 871. The van der Waals surface area contributed by atoms with Crippen molar-refractivity contribution >= 4 is 28.3 Å². The summed E-state index contributed by atoms with van der Waals surface area (Å²) in [4.78, 5) is 12.4. The van der Waals surface area contributed by atoms with Crippen molar-refractivity contribution in [1.29, 1.82) is 0 Å². The lowest BCUT2D eigenvalue weighted by molar-refractivity contribution is 0.474. The Balaban J connectivity index is 2.30. The summed E-state index contributed by atoms with van der Waals surface area (Å²) >= 11 is 5.85. The molecule has 20 heavy (non-hydrogen) atoms. The molecule has 0 atom stereocenters. The number of benzene rings is 2. The lowest BCUT2D eigenvalue weighted by atomic mass is 10.0. The Hall–Kier alpha value is -2.46. The highest BCUT2D eigenvalue weighted by atomic mass is 35.5. The summed E-state index contributed by atoms with van der Waals surface area (Å²) in [7, 11) is 0. The van der Waals surface area contributed by atoms with Crippen molar-refractivity contribution in [2.45, 2.75) is 0 Å². The number of hydrogen-bond acceptors (Lipinski definition) is 4. The van der Waals surface area contributed by atoms with Crippen molar-refractivity contribution in [1.82, 2.24) is 0 Å². The smallest absolute Gasteiger partial charge is 0.200 e. The molecule has 0 bridgehead atoms. The molecule has 1 heterocycles. The second-order valence-electron chi connectivity index (χ2n) is 4.39. The number of aromatic hydroxyl groups is 1. The molecule has 100 valence electrons. The van der Waals surface area contributed by atoms with Crippen molar-refractivity contribution in [2.75, 3.05) is 5.73 Å². The van der Waals surface area contributed by atoms with Crippen LogP contribution >= 0.6 is 11.6 Å². The van der Waals surface area contributed by atoms with Gasteiger partial charge in [-0.3, -0.25) is 4.79 Å². The summed E-state index contributed by atoms with van der Waals surface area (Å²) in [5.41, 5.74) is 7.33. The first kappa shape index (κ1) is 12.6. The Kier molecular flexibility index (Phi) is 2.88. The first-order valence-corrected chi connectivity index (χ1v) is 6.24. The summed E-state index contributed by atoms with van der Waals surface area (Å²) < 4.78 is 5.40. The quantitative estimate of drug-likeness (QED) is 0.673. The maximum atomic E-state index is 12.4. The third kappa shape index (κ3) is 2.00. The van der Waals surface area contributed by atoms with Gasteiger partial charge < -0.3 is 15.3 Å². The Morgan fingerprint density at radius 2 is 1.90 bits per heavy atom. The highest BCUT2D eigenvalue weighted by Gasteiger charge is 2.12. The van der Waals surface area contributed by atoms with Gasteiger partial charge in [0.25, 0.3) is 0 Å². The highest BCUT2D eigenvalue weighted by molar-refractivity contribution is 6.31. The minimum absolute atomic E-state index is 0.0411. The average Bonchev–Trinajstić information content (AvgIpc) is 2.40. The minimum atomic E-state index is -0.208. The van der Waals surface area contributed by atoms with Gasteiger partial charge in [0.2, 0.25) is 5.43 Å². The summed E-state index contributed by atoms with van der Waals surface area (Å²) in [5, 5.41) is 10.3. The van der Waals surface area contributed by atoms with Gasteiger partial charge in [0.15, 0.2) is 0 Å². The van der Waals surface area contributed by atoms with E-state index in [1.807, 2.05) is 0 Å². The van der Waals surface area contributed by atoms with E-state index in [1.54, 1.807) is 18.2 Å². The Morgan fingerprint density at radius 3 is 2.65 bits per heavy atom. The standard InChI is InChI=1S/C15H10ClNO3/c16-8-1-3-10(13(17)5-8)12-7-20-14-6-9(18)2-4-11(14)15(12)19/h1-7,18H,17H2. The number of halogens is 1. The van der Waals surface area contributed by atoms with Crippen molar-refractivity contribution in [3.63, 3.8) is 0 Å². The van der Waals surface area contributed by atoms with E-state index in [4.69, 9.17) is 21.8 Å². The van der Waals surface area contributed by atoms with E-state index in [9.17, 15) is 9.90 Å². The van der Waals surface area contributed by atoms with Crippen LogP contribution in [0.2, 0.25) is 5.02 Å². The van der Waals surface area contributed by atoms with Crippen LogP contribution in [0.15, 0.2) is 51.9 Å². The van der Waals surface area contributed by atoms with Crippen LogP contribution in [0.25, 0.3) is 22.1 Å². The van der Waals surface area contributed by atoms with Gasteiger partial charge in [-0.15, -0.1) is 0 Å². The maximum Gasteiger partial charge on any atom is 0.200 e. The molecule has 0 radical (unpaired) electrons. The monoisotopic (exact) mass is 287 g/mol. The number of phenolic OH excluding ortho intramolecular Hbond substituents is 1. The van der Waals surface area contributed by atoms with Gasteiger partial charge in [-0.1, -0.05) is 17.7 Å². The predicted octanol–water partition coefficient (Wildman–Crippen LogP) is 3.40. The minimum Gasteiger partial charge on any atom is -0.508 e. The SMILES string of the molecule is Nc1cc(Cl)ccc1-c1coc2cc(O)ccc2c1=O. The van der Waals surface area contributed by atoms with Crippen molar-refractivity contribution in [2.24, 2.45) is 0 Å². The molecule has 0 unspecified atom stereocenters. The topological polar surface area (TPSA) is 76.5 Å².